The highest BCUT2D eigenvalue weighted by molar-refractivity contribution is 7.11. The van der Waals surface area contributed by atoms with Crippen molar-refractivity contribution >= 4 is 28.1 Å². The Bertz CT molecular complexity index is 729. The first-order chi connectivity index (χ1) is 9.24. The largest absolute Gasteiger partial charge is 0.361 e. The van der Waals surface area contributed by atoms with Crippen LogP contribution in [0.2, 0.25) is 0 Å². The summed E-state index contributed by atoms with van der Waals surface area (Å²) in [6, 6.07) is 7.65. The van der Waals surface area contributed by atoms with Gasteiger partial charge in [-0.25, -0.2) is 4.98 Å². The van der Waals surface area contributed by atoms with E-state index in [0.717, 1.165) is 20.8 Å². The Labute approximate surface area is 114 Å². The smallest absolute Gasteiger partial charge is 0.253 e. The van der Waals surface area contributed by atoms with Crippen molar-refractivity contribution in [1.82, 2.24) is 15.3 Å². The van der Waals surface area contributed by atoms with Crippen molar-refractivity contribution in [1.29, 1.82) is 0 Å². The molecule has 0 aliphatic rings. The predicted molar refractivity (Wildman–Crippen MR) is 76.3 cm³/mol. The summed E-state index contributed by atoms with van der Waals surface area (Å²) in [5.74, 6) is -0.0703. The second-order valence-electron chi connectivity index (χ2n) is 4.28. The minimum atomic E-state index is -0.0703. The SMILES string of the molecule is Cc1ncc(CNC(=O)c2cccc3cc[nH]c23)s1. The molecule has 0 aliphatic carbocycles. The number of amides is 1. The fourth-order valence-electron chi connectivity index (χ4n) is 2.02. The Morgan fingerprint density at radius 1 is 1.42 bits per heavy atom. The lowest BCUT2D eigenvalue weighted by Gasteiger charge is -2.04. The number of benzene rings is 1. The number of rotatable bonds is 3. The van der Waals surface area contributed by atoms with Crippen LogP contribution in [-0.2, 0) is 6.54 Å². The summed E-state index contributed by atoms with van der Waals surface area (Å²) < 4.78 is 0. The van der Waals surface area contributed by atoms with Crippen LogP contribution in [0.25, 0.3) is 10.9 Å². The molecule has 1 amide bonds. The number of H-pyrrole nitrogens is 1. The molecule has 3 rings (SSSR count). The van der Waals surface area contributed by atoms with Gasteiger partial charge in [0.25, 0.3) is 5.91 Å². The molecule has 0 unspecified atom stereocenters. The molecule has 0 aliphatic heterocycles. The Morgan fingerprint density at radius 3 is 3.11 bits per heavy atom. The van der Waals surface area contributed by atoms with Crippen LogP contribution < -0.4 is 5.32 Å². The molecule has 2 N–H and O–H groups in total. The highest BCUT2D eigenvalue weighted by atomic mass is 32.1. The van der Waals surface area contributed by atoms with Gasteiger partial charge in [-0.05, 0) is 19.1 Å². The van der Waals surface area contributed by atoms with E-state index in [2.05, 4.69) is 15.3 Å². The third-order valence-electron chi connectivity index (χ3n) is 2.92. The van der Waals surface area contributed by atoms with E-state index in [1.807, 2.05) is 37.4 Å². The number of nitrogens with zero attached hydrogens (tertiary/aromatic N) is 1. The van der Waals surface area contributed by atoms with Gasteiger partial charge in [0.1, 0.15) is 0 Å². The summed E-state index contributed by atoms with van der Waals surface area (Å²) in [4.78, 5) is 20.5. The van der Waals surface area contributed by atoms with E-state index in [4.69, 9.17) is 0 Å². The molecule has 2 aromatic heterocycles. The first-order valence-corrected chi connectivity index (χ1v) is 6.81. The summed E-state index contributed by atoms with van der Waals surface area (Å²) in [5.41, 5.74) is 1.55. The van der Waals surface area contributed by atoms with E-state index >= 15 is 0 Å². The molecule has 3 aromatic rings. The molecule has 0 radical (unpaired) electrons. The van der Waals surface area contributed by atoms with Gasteiger partial charge in [-0.2, -0.15) is 0 Å². The summed E-state index contributed by atoms with van der Waals surface area (Å²) in [6.45, 7) is 2.47. The average molecular weight is 271 g/mol. The van der Waals surface area contributed by atoms with Gasteiger partial charge in [-0.3, -0.25) is 4.79 Å². The van der Waals surface area contributed by atoms with Crippen LogP contribution in [0.5, 0.6) is 0 Å². The van der Waals surface area contributed by atoms with Crippen LogP contribution in [0.3, 0.4) is 0 Å². The maximum absolute atomic E-state index is 12.2. The summed E-state index contributed by atoms with van der Waals surface area (Å²) >= 11 is 1.60. The van der Waals surface area contributed by atoms with Crippen molar-refractivity contribution in [2.24, 2.45) is 0 Å². The fraction of sp³-hybridized carbons (Fsp3) is 0.143. The van der Waals surface area contributed by atoms with Crippen molar-refractivity contribution < 1.29 is 4.79 Å². The number of aromatic amines is 1. The Kier molecular flexibility index (Phi) is 3.05. The summed E-state index contributed by atoms with van der Waals surface area (Å²) in [5, 5.41) is 4.97. The molecule has 0 spiro atoms. The number of para-hydroxylation sites is 1. The minimum Gasteiger partial charge on any atom is -0.361 e. The zero-order chi connectivity index (χ0) is 13.2. The number of fused-ring (bicyclic) bond motifs is 1. The highest BCUT2D eigenvalue weighted by Crippen LogP contribution is 2.17. The minimum absolute atomic E-state index is 0.0703. The highest BCUT2D eigenvalue weighted by Gasteiger charge is 2.10. The van der Waals surface area contributed by atoms with Crippen LogP contribution in [0.1, 0.15) is 20.2 Å². The van der Waals surface area contributed by atoms with Crippen LogP contribution in [0, 0.1) is 6.92 Å². The van der Waals surface area contributed by atoms with Crippen molar-refractivity contribution in [2.45, 2.75) is 13.5 Å². The molecule has 0 fully saturated rings. The lowest BCUT2D eigenvalue weighted by atomic mass is 10.1. The molecule has 2 heterocycles. The molecule has 0 atom stereocenters. The number of aryl methyl sites for hydroxylation is 1. The topological polar surface area (TPSA) is 57.8 Å². The van der Waals surface area contributed by atoms with Crippen molar-refractivity contribution in [3.05, 3.63) is 52.1 Å². The molecule has 5 heteroatoms. The van der Waals surface area contributed by atoms with E-state index in [1.54, 1.807) is 17.5 Å². The zero-order valence-electron chi connectivity index (χ0n) is 10.4. The van der Waals surface area contributed by atoms with Gasteiger partial charge in [-0.15, -0.1) is 11.3 Å². The van der Waals surface area contributed by atoms with Crippen molar-refractivity contribution in [3.8, 4) is 0 Å². The molecule has 0 saturated carbocycles. The van der Waals surface area contributed by atoms with Gasteiger partial charge in [0.15, 0.2) is 0 Å². The van der Waals surface area contributed by atoms with E-state index in [-0.39, 0.29) is 5.91 Å². The second kappa shape index (κ2) is 4.85. The third kappa shape index (κ3) is 2.37. The zero-order valence-corrected chi connectivity index (χ0v) is 11.3. The normalized spacial score (nSPS) is 10.8. The molecule has 4 nitrogen and oxygen atoms in total. The van der Waals surface area contributed by atoms with Crippen molar-refractivity contribution in [3.63, 3.8) is 0 Å². The lowest BCUT2D eigenvalue weighted by Crippen LogP contribution is -2.22. The number of carbonyl (C=O) groups is 1. The van der Waals surface area contributed by atoms with E-state index < -0.39 is 0 Å². The van der Waals surface area contributed by atoms with Crippen LogP contribution in [0.15, 0.2) is 36.7 Å². The molecule has 1 aromatic carbocycles. The first-order valence-electron chi connectivity index (χ1n) is 5.99. The Morgan fingerprint density at radius 2 is 2.32 bits per heavy atom. The van der Waals surface area contributed by atoms with Gasteiger partial charge in [-0.1, -0.05) is 12.1 Å². The Balaban J connectivity index is 1.78. The van der Waals surface area contributed by atoms with Crippen LogP contribution >= 0.6 is 11.3 Å². The van der Waals surface area contributed by atoms with Gasteiger partial charge in [0.05, 0.1) is 22.6 Å². The number of hydrogen-bond acceptors (Lipinski definition) is 3. The van der Waals surface area contributed by atoms with Gasteiger partial charge < -0.3 is 10.3 Å². The first kappa shape index (κ1) is 11.9. The fourth-order valence-corrected chi connectivity index (χ4v) is 2.76. The molecule has 19 heavy (non-hydrogen) atoms. The summed E-state index contributed by atoms with van der Waals surface area (Å²) in [6.07, 6.45) is 3.64. The van der Waals surface area contributed by atoms with Crippen LogP contribution in [0.4, 0.5) is 0 Å². The number of nitrogens with one attached hydrogen (secondary N) is 2. The van der Waals surface area contributed by atoms with E-state index in [1.165, 1.54) is 0 Å². The molecule has 0 bridgehead atoms. The van der Waals surface area contributed by atoms with Crippen LogP contribution in [-0.4, -0.2) is 15.9 Å². The third-order valence-corrected chi connectivity index (χ3v) is 3.84. The monoisotopic (exact) mass is 271 g/mol. The number of carbonyl (C=O) groups excluding carboxylic acids is 1. The number of hydrogen-bond donors (Lipinski definition) is 2. The number of aromatic nitrogens is 2. The molecular formula is C14H13N3OS. The van der Waals surface area contributed by atoms with Gasteiger partial charge in [0.2, 0.25) is 0 Å². The molecule has 0 saturated heterocycles. The standard InChI is InChI=1S/C14H13N3OS/c1-9-16-7-11(19-9)8-17-14(18)12-4-2-3-10-5-6-15-13(10)12/h2-7,15H,8H2,1H3,(H,17,18). The summed E-state index contributed by atoms with van der Waals surface area (Å²) in [7, 11) is 0. The molecular weight excluding hydrogens is 258 g/mol. The second-order valence-corrected chi connectivity index (χ2v) is 5.60. The molecule has 96 valence electrons. The average Bonchev–Trinajstić information content (AvgIpc) is 3.03. The van der Waals surface area contributed by atoms with Gasteiger partial charge >= 0.3 is 0 Å². The quantitative estimate of drug-likeness (QED) is 0.769. The van der Waals surface area contributed by atoms with E-state index in [9.17, 15) is 4.79 Å². The van der Waals surface area contributed by atoms with Crippen molar-refractivity contribution in [2.75, 3.05) is 0 Å². The van der Waals surface area contributed by atoms with E-state index in [0.29, 0.717) is 12.1 Å². The predicted octanol–water partition coefficient (Wildman–Crippen LogP) is 2.86. The maximum atomic E-state index is 12.2. The Hall–Kier alpha value is -2.14. The maximum Gasteiger partial charge on any atom is 0.253 e. The lowest BCUT2D eigenvalue weighted by molar-refractivity contribution is 0.0953. The van der Waals surface area contributed by atoms with Gasteiger partial charge in [0, 0.05) is 22.7 Å². The number of thiazole rings is 1.